The molecule has 1 atom stereocenters. The third kappa shape index (κ3) is 4.98. The van der Waals surface area contributed by atoms with Gasteiger partial charge in [-0.1, -0.05) is 11.3 Å². The minimum Gasteiger partial charge on any atom is -0.448 e. The molecule has 1 aliphatic rings. The number of hydrogen-bond acceptors (Lipinski definition) is 10. The molecule has 1 unspecified atom stereocenters. The largest absolute Gasteiger partial charge is 0.448 e. The number of nitriles is 1. The Hall–Kier alpha value is -4.57. The van der Waals surface area contributed by atoms with Crippen LogP contribution in [0.1, 0.15) is 42.1 Å². The van der Waals surface area contributed by atoms with E-state index in [9.17, 15) is 9.59 Å². The van der Waals surface area contributed by atoms with Crippen molar-refractivity contribution in [1.82, 2.24) is 29.7 Å². The molecule has 12 nitrogen and oxygen atoms in total. The van der Waals surface area contributed by atoms with Crippen molar-refractivity contribution in [1.29, 1.82) is 5.26 Å². The Balaban J connectivity index is 1.44. The molecule has 194 valence electrons. The summed E-state index contributed by atoms with van der Waals surface area (Å²) < 4.78 is 6.66. The Kier molecular flexibility index (Phi) is 6.89. The molecule has 38 heavy (non-hydrogen) atoms. The lowest BCUT2D eigenvalue weighted by molar-refractivity contribution is 0.0645. The summed E-state index contributed by atoms with van der Waals surface area (Å²) in [6.45, 7) is 4.66. The first-order chi connectivity index (χ1) is 18.3. The lowest BCUT2D eigenvalue weighted by atomic mass is 10.1. The van der Waals surface area contributed by atoms with Crippen molar-refractivity contribution in [2.75, 3.05) is 18.5 Å². The number of carbonyl (C=O) groups is 2. The second-order valence-electron chi connectivity index (χ2n) is 9.16. The van der Waals surface area contributed by atoms with E-state index in [2.05, 4.69) is 31.7 Å². The molecule has 4 aromatic heterocycles. The zero-order chi connectivity index (χ0) is 26.8. The number of nitrogens with two attached hydrogens (primary N) is 1. The van der Waals surface area contributed by atoms with E-state index < -0.39 is 6.09 Å². The molecular formula is C25H25N9O3S. The molecule has 0 radical (unpaired) electrons. The third-order valence-corrected chi connectivity index (χ3v) is 7.08. The van der Waals surface area contributed by atoms with Gasteiger partial charge in [-0.05, 0) is 51.0 Å². The fraction of sp³-hybridized carbons (Fsp3) is 0.320. The van der Waals surface area contributed by atoms with Crippen molar-refractivity contribution in [3.8, 4) is 28.0 Å². The Morgan fingerprint density at radius 1 is 1.29 bits per heavy atom. The van der Waals surface area contributed by atoms with Crippen molar-refractivity contribution in [2.24, 2.45) is 5.73 Å². The first kappa shape index (κ1) is 25.1. The van der Waals surface area contributed by atoms with Gasteiger partial charge in [0.1, 0.15) is 12.7 Å². The maximum Gasteiger partial charge on any atom is 0.404 e. The third-order valence-electron chi connectivity index (χ3n) is 6.13. The Morgan fingerprint density at radius 2 is 2.13 bits per heavy atom. The van der Waals surface area contributed by atoms with Crippen LogP contribution >= 0.6 is 11.3 Å². The fourth-order valence-corrected chi connectivity index (χ4v) is 5.27. The minimum atomic E-state index is -0.862. The smallest absolute Gasteiger partial charge is 0.404 e. The number of aromatic nitrogens is 5. The number of primary amides is 1. The first-order valence-electron chi connectivity index (χ1n) is 12.1. The number of anilines is 1. The highest BCUT2D eigenvalue weighted by atomic mass is 32.1. The van der Waals surface area contributed by atoms with Crippen LogP contribution in [0.15, 0.2) is 36.7 Å². The zero-order valence-corrected chi connectivity index (χ0v) is 21.6. The summed E-state index contributed by atoms with van der Waals surface area (Å²) in [6, 6.07) is 9.45. The molecule has 0 aromatic carbocycles. The van der Waals surface area contributed by atoms with Crippen molar-refractivity contribution in [3.63, 3.8) is 0 Å². The van der Waals surface area contributed by atoms with E-state index in [-0.39, 0.29) is 29.6 Å². The number of fused-ring (bicyclic) bond motifs is 1. The SMILES string of the molecule is CC(C)Nc1cc(-c2ccc3cc(C#N)cnn23)ncc1-c1nnc(C(=O)N2CCCC2COC(N)=O)s1. The summed E-state index contributed by atoms with van der Waals surface area (Å²) in [5.41, 5.74) is 9.32. The fourth-order valence-electron chi connectivity index (χ4n) is 4.45. The van der Waals surface area contributed by atoms with E-state index in [1.807, 2.05) is 32.0 Å². The molecule has 0 aliphatic carbocycles. The molecule has 1 saturated heterocycles. The van der Waals surface area contributed by atoms with Crippen LogP contribution in [-0.4, -0.2) is 66.9 Å². The van der Waals surface area contributed by atoms with E-state index in [1.165, 1.54) is 17.5 Å². The molecule has 13 heteroatoms. The zero-order valence-electron chi connectivity index (χ0n) is 20.8. The quantitative estimate of drug-likeness (QED) is 0.364. The lowest BCUT2D eigenvalue weighted by Crippen LogP contribution is -2.39. The summed E-state index contributed by atoms with van der Waals surface area (Å²) in [5.74, 6) is -0.255. The summed E-state index contributed by atoms with van der Waals surface area (Å²) in [4.78, 5) is 30.5. The highest BCUT2D eigenvalue weighted by Gasteiger charge is 2.32. The van der Waals surface area contributed by atoms with E-state index in [0.29, 0.717) is 22.8 Å². The van der Waals surface area contributed by atoms with Crippen LogP contribution in [0.3, 0.4) is 0 Å². The van der Waals surface area contributed by atoms with E-state index in [0.717, 1.165) is 35.3 Å². The van der Waals surface area contributed by atoms with Gasteiger partial charge in [0.2, 0.25) is 5.01 Å². The number of carbonyl (C=O) groups excluding carboxylic acids is 2. The maximum absolute atomic E-state index is 13.2. The first-order valence-corrected chi connectivity index (χ1v) is 12.9. The van der Waals surface area contributed by atoms with Crippen molar-refractivity contribution in [3.05, 3.63) is 47.2 Å². The summed E-state index contributed by atoms with van der Waals surface area (Å²) in [5, 5.41) is 26.2. The monoisotopic (exact) mass is 531 g/mol. The maximum atomic E-state index is 13.2. The van der Waals surface area contributed by atoms with Crippen LogP contribution < -0.4 is 11.1 Å². The average molecular weight is 532 g/mol. The van der Waals surface area contributed by atoms with Gasteiger partial charge in [0, 0.05) is 24.5 Å². The van der Waals surface area contributed by atoms with Crippen LogP contribution in [-0.2, 0) is 4.74 Å². The van der Waals surface area contributed by atoms with Gasteiger partial charge >= 0.3 is 6.09 Å². The predicted molar refractivity (Wildman–Crippen MR) is 140 cm³/mol. The number of pyridine rings is 1. The molecule has 3 N–H and O–H groups in total. The highest BCUT2D eigenvalue weighted by Crippen LogP contribution is 2.34. The number of rotatable bonds is 7. The summed E-state index contributed by atoms with van der Waals surface area (Å²) in [7, 11) is 0. The van der Waals surface area contributed by atoms with Gasteiger partial charge in [-0.3, -0.25) is 9.78 Å². The molecule has 2 amide bonds. The molecule has 5 heterocycles. The second kappa shape index (κ2) is 10.4. The van der Waals surface area contributed by atoms with Gasteiger partial charge in [-0.15, -0.1) is 10.2 Å². The summed E-state index contributed by atoms with van der Waals surface area (Å²) in [6.07, 6.45) is 3.89. The molecule has 0 bridgehead atoms. The molecule has 0 spiro atoms. The number of nitrogens with zero attached hydrogens (tertiary/aromatic N) is 7. The normalized spacial score (nSPS) is 15.1. The van der Waals surface area contributed by atoms with E-state index in [4.69, 9.17) is 15.7 Å². The number of ether oxygens (including phenoxy) is 1. The average Bonchev–Trinajstić information content (AvgIpc) is 3.66. The Bertz CT molecular complexity index is 1560. The Morgan fingerprint density at radius 3 is 2.89 bits per heavy atom. The van der Waals surface area contributed by atoms with Crippen LogP contribution in [0, 0.1) is 11.3 Å². The van der Waals surface area contributed by atoms with Crippen LogP contribution in [0.25, 0.3) is 27.5 Å². The van der Waals surface area contributed by atoms with E-state index >= 15 is 0 Å². The number of amides is 2. The highest BCUT2D eigenvalue weighted by molar-refractivity contribution is 7.16. The summed E-state index contributed by atoms with van der Waals surface area (Å²) >= 11 is 1.18. The number of hydrogen-bond donors (Lipinski definition) is 2. The number of likely N-dealkylation sites (tertiary alicyclic amines) is 1. The van der Waals surface area contributed by atoms with Gasteiger partial charge in [-0.2, -0.15) is 10.4 Å². The van der Waals surface area contributed by atoms with Gasteiger partial charge in [0.15, 0.2) is 5.01 Å². The molecule has 5 rings (SSSR count). The van der Waals surface area contributed by atoms with Gasteiger partial charge < -0.3 is 20.7 Å². The number of nitrogens with one attached hydrogen (secondary N) is 1. The van der Waals surface area contributed by atoms with Crippen LogP contribution in [0.5, 0.6) is 0 Å². The minimum absolute atomic E-state index is 0.0572. The van der Waals surface area contributed by atoms with Gasteiger partial charge in [0.05, 0.1) is 40.3 Å². The van der Waals surface area contributed by atoms with Crippen molar-refractivity contribution >= 4 is 34.5 Å². The van der Waals surface area contributed by atoms with Crippen LogP contribution in [0.4, 0.5) is 10.5 Å². The standard InChI is InChI=1S/C25H25N9O3S/c1-14(2)30-19-9-20(21-6-5-16-8-15(10-26)11-29-34(16)21)28-12-18(19)22-31-32-23(38-22)24(35)33-7-3-4-17(33)13-37-25(27)36/h5-6,8-9,11-12,14,17H,3-4,7,13H2,1-2H3,(H2,27,36)(H,28,30). The van der Waals surface area contributed by atoms with Crippen molar-refractivity contribution < 1.29 is 14.3 Å². The molecule has 4 aromatic rings. The van der Waals surface area contributed by atoms with Gasteiger partial charge in [-0.25, -0.2) is 9.31 Å². The van der Waals surface area contributed by atoms with Crippen molar-refractivity contribution in [2.45, 2.75) is 38.8 Å². The molecular weight excluding hydrogens is 506 g/mol. The van der Waals surface area contributed by atoms with Gasteiger partial charge in [0.25, 0.3) is 5.91 Å². The van der Waals surface area contributed by atoms with E-state index in [1.54, 1.807) is 21.7 Å². The molecule has 0 saturated carbocycles. The topological polar surface area (TPSA) is 164 Å². The second-order valence-corrected chi connectivity index (χ2v) is 10.1. The lowest BCUT2D eigenvalue weighted by Gasteiger charge is -2.22. The predicted octanol–water partition coefficient (Wildman–Crippen LogP) is 3.31. The molecule has 1 fully saturated rings. The molecule has 1 aliphatic heterocycles. The van der Waals surface area contributed by atoms with Crippen LogP contribution in [0.2, 0.25) is 0 Å². The Labute approximate surface area is 222 Å².